The zero-order valence-electron chi connectivity index (χ0n) is 15.4. The summed E-state index contributed by atoms with van der Waals surface area (Å²) < 4.78 is 21.7. The van der Waals surface area contributed by atoms with Crippen molar-refractivity contribution in [1.29, 1.82) is 0 Å². The Bertz CT molecular complexity index is 680. The molecule has 0 aromatic heterocycles. The van der Waals surface area contributed by atoms with Crippen molar-refractivity contribution in [2.45, 2.75) is 25.4 Å². The van der Waals surface area contributed by atoms with Gasteiger partial charge in [0.2, 0.25) is 12.7 Å². The standard InChI is InChI=1S/C19H26N2O5/c1-23-6-5-21-15-4-3-13(19(21)22)9-20(11-15)10-14-7-17-18(26-12-25-17)8-16(14)24-2/h7-8,13,15H,3-6,9-12H2,1-2H3/t13-,15+/m0/s1. The molecule has 7 nitrogen and oxygen atoms in total. The molecule has 4 aliphatic rings. The average molecular weight is 362 g/mol. The first-order valence-electron chi connectivity index (χ1n) is 9.18. The molecule has 4 aliphatic heterocycles. The van der Waals surface area contributed by atoms with Crippen LogP contribution in [0.2, 0.25) is 0 Å². The molecular weight excluding hydrogens is 336 g/mol. The van der Waals surface area contributed by atoms with Gasteiger partial charge in [-0.1, -0.05) is 0 Å². The minimum absolute atomic E-state index is 0.0746. The molecule has 3 fully saturated rings. The van der Waals surface area contributed by atoms with Crippen molar-refractivity contribution in [2.24, 2.45) is 5.92 Å². The van der Waals surface area contributed by atoms with E-state index in [2.05, 4.69) is 4.90 Å². The maximum Gasteiger partial charge on any atom is 0.231 e. The summed E-state index contributed by atoms with van der Waals surface area (Å²) in [5.74, 6) is 2.64. The molecule has 26 heavy (non-hydrogen) atoms. The van der Waals surface area contributed by atoms with Crippen molar-refractivity contribution in [1.82, 2.24) is 9.80 Å². The number of methoxy groups -OCH3 is 2. The molecule has 2 atom stereocenters. The van der Waals surface area contributed by atoms with E-state index in [1.165, 1.54) is 0 Å². The Balaban J connectivity index is 1.52. The van der Waals surface area contributed by atoms with Crippen LogP contribution in [0.25, 0.3) is 0 Å². The number of carbonyl (C=O) groups excluding carboxylic acids is 1. The van der Waals surface area contributed by atoms with E-state index in [9.17, 15) is 4.79 Å². The van der Waals surface area contributed by atoms with Crippen LogP contribution in [-0.2, 0) is 16.1 Å². The first-order valence-corrected chi connectivity index (χ1v) is 9.18. The summed E-state index contributed by atoms with van der Waals surface area (Å²) in [6.07, 6.45) is 2.04. The topological polar surface area (TPSA) is 60.5 Å². The molecule has 142 valence electrons. The Labute approximate surface area is 153 Å². The Kier molecular flexibility index (Phi) is 4.91. The Morgan fingerprint density at radius 2 is 1.96 bits per heavy atom. The van der Waals surface area contributed by atoms with Gasteiger partial charge in [-0.15, -0.1) is 0 Å². The van der Waals surface area contributed by atoms with Gasteiger partial charge in [0.25, 0.3) is 0 Å². The van der Waals surface area contributed by atoms with Crippen molar-refractivity contribution in [3.8, 4) is 17.2 Å². The highest BCUT2D eigenvalue weighted by molar-refractivity contribution is 5.80. The van der Waals surface area contributed by atoms with Gasteiger partial charge in [-0.3, -0.25) is 9.69 Å². The molecule has 3 saturated heterocycles. The molecule has 0 unspecified atom stereocenters. The fourth-order valence-electron chi connectivity index (χ4n) is 4.26. The van der Waals surface area contributed by atoms with Crippen LogP contribution >= 0.6 is 0 Å². The molecule has 0 aliphatic carbocycles. The number of piperidine rings is 1. The normalized spacial score (nSPS) is 24.8. The SMILES string of the molecule is COCCN1C(=O)[C@H]2CC[C@@H]1CN(Cc1cc3c(cc1OC)OCO3)C2. The third-order valence-electron chi connectivity index (χ3n) is 5.57. The highest BCUT2D eigenvalue weighted by atomic mass is 16.7. The number of fused-ring (bicyclic) bond motifs is 5. The lowest BCUT2D eigenvalue weighted by atomic mass is 9.94. The van der Waals surface area contributed by atoms with E-state index in [0.29, 0.717) is 13.2 Å². The zero-order chi connectivity index (χ0) is 18.1. The Hall–Kier alpha value is -1.99. The van der Waals surface area contributed by atoms with Crippen molar-refractivity contribution >= 4 is 5.91 Å². The quantitative estimate of drug-likeness (QED) is 0.764. The van der Waals surface area contributed by atoms with Crippen LogP contribution in [0.15, 0.2) is 12.1 Å². The van der Waals surface area contributed by atoms with Gasteiger partial charge in [-0.2, -0.15) is 0 Å². The lowest BCUT2D eigenvalue weighted by Gasteiger charge is -2.35. The highest BCUT2D eigenvalue weighted by Gasteiger charge is 2.40. The van der Waals surface area contributed by atoms with Gasteiger partial charge in [0.05, 0.1) is 19.6 Å². The second-order valence-corrected chi connectivity index (χ2v) is 7.16. The maximum absolute atomic E-state index is 12.8. The number of hydrogen-bond acceptors (Lipinski definition) is 6. The summed E-state index contributed by atoms with van der Waals surface area (Å²) in [6, 6.07) is 4.15. The summed E-state index contributed by atoms with van der Waals surface area (Å²) in [4.78, 5) is 17.2. The van der Waals surface area contributed by atoms with Crippen molar-refractivity contribution in [3.63, 3.8) is 0 Å². The molecule has 7 heteroatoms. The fraction of sp³-hybridized carbons (Fsp3) is 0.632. The monoisotopic (exact) mass is 362 g/mol. The minimum atomic E-state index is 0.0746. The van der Waals surface area contributed by atoms with E-state index in [0.717, 1.165) is 55.3 Å². The van der Waals surface area contributed by atoms with E-state index in [4.69, 9.17) is 18.9 Å². The van der Waals surface area contributed by atoms with E-state index in [-0.39, 0.29) is 24.7 Å². The third-order valence-corrected chi connectivity index (χ3v) is 5.57. The smallest absolute Gasteiger partial charge is 0.231 e. The van der Waals surface area contributed by atoms with Crippen molar-refractivity contribution in [2.75, 3.05) is 47.3 Å². The van der Waals surface area contributed by atoms with E-state index < -0.39 is 0 Å². The van der Waals surface area contributed by atoms with Gasteiger partial charge < -0.3 is 23.8 Å². The summed E-state index contributed by atoms with van der Waals surface area (Å²) in [6.45, 7) is 3.92. The van der Waals surface area contributed by atoms with Crippen LogP contribution < -0.4 is 14.2 Å². The molecule has 0 saturated carbocycles. The molecule has 1 amide bonds. The second-order valence-electron chi connectivity index (χ2n) is 7.16. The minimum Gasteiger partial charge on any atom is -0.496 e. The number of ether oxygens (including phenoxy) is 4. The number of rotatable bonds is 6. The summed E-state index contributed by atoms with van der Waals surface area (Å²) in [5.41, 5.74) is 1.06. The number of benzene rings is 1. The van der Waals surface area contributed by atoms with E-state index >= 15 is 0 Å². The van der Waals surface area contributed by atoms with Crippen LogP contribution in [0.3, 0.4) is 0 Å². The summed E-state index contributed by atoms with van der Waals surface area (Å²) in [5, 5.41) is 0. The Morgan fingerprint density at radius 3 is 2.73 bits per heavy atom. The van der Waals surface area contributed by atoms with Gasteiger partial charge in [0.15, 0.2) is 11.5 Å². The number of carbonyl (C=O) groups is 1. The van der Waals surface area contributed by atoms with Crippen molar-refractivity contribution in [3.05, 3.63) is 17.7 Å². The molecule has 0 N–H and O–H groups in total. The predicted molar refractivity (Wildman–Crippen MR) is 94.5 cm³/mol. The third kappa shape index (κ3) is 3.21. The molecule has 0 radical (unpaired) electrons. The molecule has 4 heterocycles. The summed E-state index contributed by atoms with van der Waals surface area (Å²) >= 11 is 0. The molecule has 1 aromatic carbocycles. The largest absolute Gasteiger partial charge is 0.496 e. The molecule has 1 aromatic rings. The first kappa shape index (κ1) is 17.4. The van der Waals surface area contributed by atoms with Gasteiger partial charge in [0.1, 0.15) is 5.75 Å². The number of nitrogens with zero attached hydrogens (tertiary/aromatic N) is 2. The lowest BCUT2D eigenvalue weighted by Crippen LogP contribution is -2.49. The van der Waals surface area contributed by atoms with Gasteiger partial charge in [-0.25, -0.2) is 0 Å². The van der Waals surface area contributed by atoms with E-state index in [1.807, 2.05) is 17.0 Å². The second kappa shape index (κ2) is 7.32. The lowest BCUT2D eigenvalue weighted by molar-refractivity contribution is -0.140. The molecule has 5 rings (SSSR count). The van der Waals surface area contributed by atoms with Crippen molar-refractivity contribution < 1.29 is 23.7 Å². The summed E-state index contributed by atoms with van der Waals surface area (Å²) in [7, 11) is 3.35. The molecule has 2 bridgehead atoms. The molecular formula is C19H26N2O5. The van der Waals surface area contributed by atoms with Crippen LogP contribution in [0.4, 0.5) is 0 Å². The van der Waals surface area contributed by atoms with Crippen LogP contribution in [0, 0.1) is 5.92 Å². The highest BCUT2D eigenvalue weighted by Crippen LogP contribution is 2.39. The van der Waals surface area contributed by atoms with E-state index in [1.54, 1.807) is 14.2 Å². The number of hydrogen-bond donors (Lipinski definition) is 0. The van der Waals surface area contributed by atoms with Gasteiger partial charge >= 0.3 is 0 Å². The zero-order valence-corrected chi connectivity index (χ0v) is 15.4. The molecule has 0 spiro atoms. The van der Waals surface area contributed by atoms with Gasteiger partial charge in [-0.05, 0) is 18.9 Å². The van der Waals surface area contributed by atoms with Crippen LogP contribution in [-0.4, -0.2) is 69.0 Å². The van der Waals surface area contributed by atoms with Gasteiger partial charge in [0, 0.05) is 51.0 Å². The average Bonchev–Trinajstić information content (AvgIpc) is 2.94. The van der Waals surface area contributed by atoms with Crippen LogP contribution in [0.1, 0.15) is 18.4 Å². The maximum atomic E-state index is 12.8. The fourth-order valence-corrected chi connectivity index (χ4v) is 4.26. The number of amides is 1. The van der Waals surface area contributed by atoms with Crippen LogP contribution in [0.5, 0.6) is 17.2 Å². The first-order chi connectivity index (χ1) is 12.7. The Morgan fingerprint density at radius 1 is 1.15 bits per heavy atom. The predicted octanol–water partition coefficient (Wildman–Crippen LogP) is 1.49.